The topological polar surface area (TPSA) is 68.0 Å². The van der Waals surface area contributed by atoms with Gasteiger partial charge in [-0.3, -0.25) is 4.79 Å². The van der Waals surface area contributed by atoms with Gasteiger partial charge in [-0.05, 0) is 17.7 Å². The second-order valence-electron chi connectivity index (χ2n) is 2.47. The van der Waals surface area contributed by atoms with Crippen LogP contribution < -0.4 is 11.1 Å². The average molecular weight is 200 g/mol. The van der Waals surface area contributed by atoms with E-state index >= 15 is 0 Å². The van der Waals surface area contributed by atoms with Gasteiger partial charge in [0.15, 0.2) is 0 Å². The summed E-state index contributed by atoms with van der Waals surface area (Å²) in [6.45, 7) is 0.428. The second kappa shape index (κ2) is 4.79. The number of nitrogens with zero attached hydrogens (tertiary/aromatic N) is 1. The molecular weight excluding hydrogens is 190 g/mol. The van der Waals surface area contributed by atoms with Crippen LogP contribution in [0.25, 0.3) is 0 Å². The summed E-state index contributed by atoms with van der Waals surface area (Å²) in [5, 5.41) is 3.04. The Labute approximate surface area is 81.1 Å². The molecule has 3 N–H and O–H groups in total. The number of nitrogens with two attached hydrogens (primary N) is 1. The van der Waals surface area contributed by atoms with E-state index in [1.807, 2.05) is 0 Å². The summed E-state index contributed by atoms with van der Waals surface area (Å²) in [4.78, 5) is 14.6. The van der Waals surface area contributed by atoms with Gasteiger partial charge in [-0.25, -0.2) is 4.98 Å². The fourth-order valence-corrected chi connectivity index (χ4v) is 1.02. The molecule has 0 aromatic carbocycles. The lowest BCUT2D eigenvalue weighted by Gasteiger charge is -2.02. The molecule has 0 saturated heterocycles. The molecular formula is C8H10ClN3O. The van der Waals surface area contributed by atoms with Gasteiger partial charge < -0.3 is 11.1 Å². The fraction of sp³-hybridized carbons (Fsp3) is 0.250. The highest BCUT2D eigenvalue weighted by Crippen LogP contribution is 2.06. The third kappa shape index (κ3) is 3.40. The van der Waals surface area contributed by atoms with Gasteiger partial charge >= 0.3 is 0 Å². The van der Waals surface area contributed by atoms with E-state index in [1.54, 1.807) is 18.3 Å². The maximum Gasteiger partial charge on any atom is 0.234 e. The second-order valence-corrected chi connectivity index (χ2v) is 2.85. The quantitative estimate of drug-likeness (QED) is 0.689. The summed E-state index contributed by atoms with van der Waals surface area (Å²) >= 11 is 5.65. The molecule has 1 rings (SSSR count). The minimum atomic E-state index is -0.187. The van der Waals surface area contributed by atoms with E-state index in [0.717, 1.165) is 5.56 Å². The maximum absolute atomic E-state index is 10.8. The Hall–Kier alpha value is -1.13. The van der Waals surface area contributed by atoms with Crippen molar-refractivity contribution in [2.24, 2.45) is 5.73 Å². The van der Waals surface area contributed by atoms with Gasteiger partial charge in [0.1, 0.15) is 5.15 Å². The zero-order valence-electron chi connectivity index (χ0n) is 6.96. The zero-order valence-corrected chi connectivity index (χ0v) is 7.71. The molecule has 0 unspecified atom stereocenters. The van der Waals surface area contributed by atoms with Gasteiger partial charge in [0, 0.05) is 12.7 Å². The standard InChI is InChI=1S/C8H10ClN3O/c9-7-3-6(1-2-11-7)5-12-8(13)4-10/h1-3H,4-5,10H2,(H,12,13). The lowest BCUT2D eigenvalue weighted by Crippen LogP contribution is -2.29. The number of amides is 1. The van der Waals surface area contributed by atoms with Crippen LogP contribution in [0.5, 0.6) is 0 Å². The zero-order chi connectivity index (χ0) is 9.68. The largest absolute Gasteiger partial charge is 0.351 e. The number of halogens is 1. The van der Waals surface area contributed by atoms with Crippen molar-refractivity contribution in [3.63, 3.8) is 0 Å². The third-order valence-electron chi connectivity index (χ3n) is 1.47. The number of rotatable bonds is 3. The summed E-state index contributed by atoms with van der Waals surface area (Å²) in [6.07, 6.45) is 1.59. The molecule has 0 aliphatic heterocycles. The Morgan fingerprint density at radius 2 is 2.46 bits per heavy atom. The van der Waals surface area contributed by atoms with E-state index in [1.165, 1.54) is 0 Å². The smallest absolute Gasteiger partial charge is 0.234 e. The van der Waals surface area contributed by atoms with Crippen molar-refractivity contribution < 1.29 is 4.79 Å². The van der Waals surface area contributed by atoms with Gasteiger partial charge in [-0.1, -0.05) is 11.6 Å². The number of hydrogen-bond donors (Lipinski definition) is 2. The molecule has 5 heteroatoms. The minimum Gasteiger partial charge on any atom is -0.351 e. The first-order valence-corrected chi connectivity index (χ1v) is 4.17. The lowest BCUT2D eigenvalue weighted by molar-refractivity contribution is -0.119. The highest BCUT2D eigenvalue weighted by Gasteiger charge is 1.98. The number of pyridine rings is 1. The van der Waals surface area contributed by atoms with Gasteiger partial charge in [-0.15, -0.1) is 0 Å². The Morgan fingerprint density at radius 1 is 1.69 bits per heavy atom. The van der Waals surface area contributed by atoms with E-state index in [0.29, 0.717) is 11.7 Å². The predicted molar refractivity (Wildman–Crippen MR) is 50.1 cm³/mol. The van der Waals surface area contributed by atoms with Crippen molar-refractivity contribution in [3.05, 3.63) is 29.0 Å². The number of carbonyl (C=O) groups excluding carboxylic acids is 1. The summed E-state index contributed by atoms with van der Waals surface area (Å²) in [5.74, 6) is -0.187. The normalized spacial score (nSPS) is 9.69. The molecule has 0 spiro atoms. The van der Waals surface area contributed by atoms with Gasteiger partial charge in [0.2, 0.25) is 5.91 Å². The van der Waals surface area contributed by atoms with Crippen molar-refractivity contribution in [2.75, 3.05) is 6.54 Å². The molecule has 0 atom stereocenters. The average Bonchev–Trinajstić information content (AvgIpc) is 2.14. The molecule has 0 aliphatic rings. The molecule has 1 amide bonds. The number of aromatic nitrogens is 1. The Morgan fingerprint density at radius 3 is 3.08 bits per heavy atom. The predicted octanol–water partition coefficient (Wildman–Crippen LogP) is 0.310. The van der Waals surface area contributed by atoms with Crippen molar-refractivity contribution >= 4 is 17.5 Å². The molecule has 1 aromatic heterocycles. The van der Waals surface area contributed by atoms with E-state index in [2.05, 4.69) is 10.3 Å². The van der Waals surface area contributed by atoms with E-state index in [9.17, 15) is 4.79 Å². The SMILES string of the molecule is NCC(=O)NCc1ccnc(Cl)c1. The van der Waals surface area contributed by atoms with Crippen molar-refractivity contribution in [2.45, 2.75) is 6.54 Å². The number of hydrogen-bond acceptors (Lipinski definition) is 3. The minimum absolute atomic E-state index is 0.00117. The van der Waals surface area contributed by atoms with E-state index in [-0.39, 0.29) is 12.5 Å². The third-order valence-corrected chi connectivity index (χ3v) is 1.67. The van der Waals surface area contributed by atoms with Crippen LogP contribution in [-0.2, 0) is 11.3 Å². The number of carbonyl (C=O) groups is 1. The van der Waals surface area contributed by atoms with Crippen molar-refractivity contribution in [1.29, 1.82) is 0 Å². The van der Waals surface area contributed by atoms with Gasteiger partial charge in [0.25, 0.3) is 0 Å². The van der Waals surface area contributed by atoms with Crippen molar-refractivity contribution in [1.82, 2.24) is 10.3 Å². The van der Waals surface area contributed by atoms with Gasteiger partial charge in [-0.2, -0.15) is 0 Å². The summed E-state index contributed by atoms with van der Waals surface area (Å²) < 4.78 is 0. The lowest BCUT2D eigenvalue weighted by atomic mass is 10.3. The molecule has 13 heavy (non-hydrogen) atoms. The molecule has 70 valence electrons. The first kappa shape index (κ1) is 9.95. The molecule has 4 nitrogen and oxygen atoms in total. The van der Waals surface area contributed by atoms with Crippen LogP contribution in [0.3, 0.4) is 0 Å². The monoisotopic (exact) mass is 199 g/mol. The highest BCUT2D eigenvalue weighted by molar-refractivity contribution is 6.29. The van der Waals surface area contributed by atoms with Gasteiger partial charge in [0.05, 0.1) is 6.54 Å². The van der Waals surface area contributed by atoms with E-state index in [4.69, 9.17) is 17.3 Å². The molecule has 0 saturated carbocycles. The Balaban J connectivity index is 2.50. The molecule has 0 aliphatic carbocycles. The van der Waals surface area contributed by atoms with Crippen LogP contribution in [0.2, 0.25) is 5.15 Å². The highest BCUT2D eigenvalue weighted by atomic mass is 35.5. The molecule has 0 bridgehead atoms. The maximum atomic E-state index is 10.8. The fourth-order valence-electron chi connectivity index (χ4n) is 0.825. The Bertz CT molecular complexity index is 303. The summed E-state index contributed by atoms with van der Waals surface area (Å²) in [5.41, 5.74) is 6.02. The summed E-state index contributed by atoms with van der Waals surface area (Å²) in [6, 6.07) is 3.47. The molecule has 0 radical (unpaired) electrons. The van der Waals surface area contributed by atoms with Crippen LogP contribution in [0.15, 0.2) is 18.3 Å². The van der Waals surface area contributed by atoms with Crippen LogP contribution in [-0.4, -0.2) is 17.4 Å². The molecule has 1 heterocycles. The summed E-state index contributed by atoms with van der Waals surface area (Å²) in [7, 11) is 0. The first-order valence-electron chi connectivity index (χ1n) is 3.79. The first-order chi connectivity index (χ1) is 6.22. The van der Waals surface area contributed by atoms with Crippen LogP contribution >= 0.6 is 11.6 Å². The van der Waals surface area contributed by atoms with Crippen LogP contribution in [0, 0.1) is 0 Å². The van der Waals surface area contributed by atoms with Crippen LogP contribution in [0.4, 0.5) is 0 Å². The Kier molecular flexibility index (Phi) is 3.67. The van der Waals surface area contributed by atoms with Crippen molar-refractivity contribution in [3.8, 4) is 0 Å². The van der Waals surface area contributed by atoms with Crippen LogP contribution in [0.1, 0.15) is 5.56 Å². The molecule has 1 aromatic rings. The molecule has 0 fully saturated rings. The van der Waals surface area contributed by atoms with E-state index < -0.39 is 0 Å². The number of nitrogens with one attached hydrogen (secondary N) is 1.